The number of sulfonamides is 1. The molecule has 34 heavy (non-hydrogen) atoms. The van der Waals surface area contributed by atoms with Crippen LogP contribution in [0.1, 0.15) is 35.6 Å². The van der Waals surface area contributed by atoms with E-state index in [1.54, 1.807) is 45.9 Å². The van der Waals surface area contributed by atoms with Crippen molar-refractivity contribution in [3.05, 3.63) is 65.5 Å². The van der Waals surface area contributed by atoms with Gasteiger partial charge in [-0.05, 0) is 43.7 Å². The number of hydrogen-bond donors (Lipinski definition) is 1. The molecule has 0 atom stereocenters. The maximum atomic E-state index is 12.8. The van der Waals surface area contributed by atoms with Gasteiger partial charge in [0.05, 0.1) is 16.3 Å². The minimum Gasteiger partial charge on any atom is -0.451 e. The highest BCUT2D eigenvalue weighted by atomic mass is 32.2. The van der Waals surface area contributed by atoms with Gasteiger partial charge in [0.1, 0.15) is 0 Å². The summed E-state index contributed by atoms with van der Waals surface area (Å²) in [5.41, 5.74) is 2.03. The predicted molar refractivity (Wildman–Crippen MR) is 126 cm³/mol. The van der Waals surface area contributed by atoms with Crippen molar-refractivity contribution in [2.24, 2.45) is 0 Å². The highest BCUT2D eigenvalue weighted by Gasteiger charge is 2.23. The van der Waals surface area contributed by atoms with E-state index in [1.165, 1.54) is 21.2 Å². The molecular weight excluding hydrogens is 458 g/mol. The fourth-order valence-electron chi connectivity index (χ4n) is 3.24. The fourth-order valence-corrected chi connectivity index (χ4v) is 4.72. The van der Waals surface area contributed by atoms with Gasteiger partial charge in [0.25, 0.3) is 5.91 Å². The van der Waals surface area contributed by atoms with Gasteiger partial charge >= 0.3 is 5.97 Å². The number of nitrogens with zero attached hydrogens (tertiary/aromatic N) is 4. The van der Waals surface area contributed by atoms with E-state index in [4.69, 9.17) is 4.74 Å². The molecule has 0 unspecified atom stereocenters. The maximum Gasteiger partial charge on any atom is 0.361 e. The molecule has 1 aromatic heterocycles. The number of anilines is 1. The van der Waals surface area contributed by atoms with Crippen LogP contribution in [0.3, 0.4) is 0 Å². The number of aromatic nitrogens is 3. The van der Waals surface area contributed by atoms with Crippen LogP contribution in [-0.2, 0) is 19.6 Å². The lowest BCUT2D eigenvalue weighted by molar-refractivity contribution is -0.119. The molecule has 0 saturated carbocycles. The minimum atomic E-state index is -3.68. The first-order chi connectivity index (χ1) is 16.2. The standard InChI is InChI=1S/C23H27N5O5S/c1-5-27(6-2)34(31,32)19-13-12-16(3)20(14-19)24-21(29)15-33-23(30)22-17(4)25-28(26-22)18-10-8-7-9-11-18/h7-14H,5-6,15H2,1-4H3,(H,24,29). The van der Waals surface area contributed by atoms with Crippen LogP contribution in [0.4, 0.5) is 5.69 Å². The van der Waals surface area contributed by atoms with E-state index in [2.05, 4.69) is 15.5 Å². The van der Waals surface area contributed by atoms with Crippen LogP contribution in [-0.4, -0.2) is 59.3 Å². The van der Waals surface area contributed by atoms with Crippen molar-refractivity contribution >= 4 is 27.6 Å². The summed E-state index contributed by atoms with van der Waals surface area (Å²) in [6.07, 6.45) is 0. The summed E-state index contributed by atoms with van der Waals surface area (Å²) in [5, 5.41) is 11.0. The summed E-state index contributed by atoms with van der Waals surface area (Å²) in [4.78, 5) is 26.3. The molecule has 2 aromatic carbocycles. The molecule has 180 valence electrons. The quantitative estimate of drug-likeness (QED) is 0.462. The van der Waals surface area contributed by atoms with Crippen LogP contribution >= 0.6 is 0 Å². The number of para-hydroxylation sites is 1. The van der Waals surface area contributed by atoms with Crippen molar-refractivity contribution in [3.63, 3.8) is 0 Å². The number of amides is 1. The van der Waals surface area contributed by atoms with Crippen molar-refractivity contribution < 1.29 is 22.7 Å². The lowest BCUT2D eigenvalue weighted by Gasteiger charge is -2.19. The molecule has 1 N–H and O–H groups in total. The maximum absolute atomic E-state index is 12.8. The van der Waals surface area contributed by atoms with Crippen molar-refractivity contribution in [1.29, 1.82) is 0 Å². The number of aryl methyl sites for hydroxylation is 2. The Morgan fingerprint density at radius 2 is 1.71 bits per heavy atom. The Kier molecular flexibility index (Phi) is 7.79. The number of hydrogen-bond acceptors (Lipinski definition) is 7. The predicted octanol–water partition coefficient (Wildman–Crippen LogP) is 2.71. The molecule has 0 fully saturated rings. The zero-order chi connectivity index (χ0) is 24.9. The van der Waals surface area contributed by atoms with Crippen molar-refractivity contribution in [2.45, 2.75) is 32.6 Å². The van der Waals surface area contributed by atoms with E-state index in [-0.39, 0.29) is 10.6 Å². The molecule has 0 saturated heterocycles. The SMILES string of the molecule is CCN(CC)S(=O)(=O)c1ccc(C)c(NC(=O)COC(=O)c2nn(-c3ccccc3)nc2C)c1. The molecule has 3 aromatic rings. The number of ether oxygens (including phenoxy) is 1. The number of rotatable bonds is 9. The summed E-state index contributed by atoms with van der Waals surface area (Å²) in [6, 6.07) is 13.6. The second-order valence-electron chi connectivity index (χ2n) is 7.45. The molecule has 3 rings (SSSR count). The van der Waals surface area contributed by atoms with Crippen LogP contribution in [0.25, 0.3) is 5.69 Å². The van der Waals surface area contributed by atoms with Gasteiger partial charge in [0.2, 0.25) is 10.0 Å². The van der Waals surface area contributed by atoms with E-state index in [9.17, 15) is 18.0 Å². The Morgan fingerprint density at radius 1 is 1.03 bits per heavy atom. The molecule has 0 aliphatic carbocycles. The van der Waals surface area contributed by atoms with Gasteiger partial charge in [-0.1, -0.05) is 38.1 Å². The summed E-state index contributed by atoms with van der Waals surface area (Å²) < 4.78 is 32.0. The first-order valence-electron chi connectivity index (χ1n) is 10.7. The lowest BCUT2D eigenvalue weighted by atomic mass is 10.2. The molecule has 11 heteroatoms. The fraction of sp³-hybridized carbons (Fsp3) is 0.304. The number of nitrogens with one attached hydrogen (secondary N) is 1. The molecule has 1 heterocycles. The Bertz CT molecular complexity index is 1280. The normalized spacial score (nSPS) is 11.4. The van der Waals surface area contributed by atoms with Gasteiger partial charge in [-0.3, -0.25) is 4.79 Å². The first kappa shape index (κ1) is 25.1. The first-order valence-corrected chi connectivity index (χ1v) is 12.2. The number of esters is 1. The average molecular weight is 486 g/mol. The number of benzene rings is 2. The zero-order valence-electron chi connectivity index (χ0n) is 19.5. The van der Waals surface area contributed by atoms with E-state index >= 15 is 0 Å². The van der Waals surface area contributed by atoms with Crippen LogP contribution in [0.2, 0.25) is 0 Å². The lowest BCUT2D eigenvalue weighted by Crippen LogP contribution is -2.30. The molecule has 0 bridgehead atoms. The summed E-state index contributed by atoms with van der Waals surface area (Å²) in [5.74, 6) is -1.40. The Morgan fingerprint density at radius 3 is 2.35 bits per heavy atom. The van der Waals surface area contributed by atoms with Crippen molar-refractivity contribution in [2.75, 3.05) is 25.0 Å². The number of carbonyl (C=O) groups is 2. The summed E-state index contributed by atoms with van der Waals surface area (Å²) in [7, 11) is -3.68. The van der Waals surface area contributed by atoms with E-state index < -0.39 is 28.5 Å². The highest BCUT2D eigenvalue weighted by molar-refractivity contribution is 7.89. The van der Waals surface area contributed by atoms with Gasteiger partial charge in [0, 0.05) is 18.8 Å². The molecule has 0 radical (unpaired) electrons. The molecule has 0 spiro atoms. The summed E-state index contributed by atoms with van der Waals surface area (Å²) in [6.45, 7) is 6.97. The van der Waals surface area contributed by atoms with Crippen molar-refractivity contribution in [3.8, 4) is 5.69 Å². The molecule has 0 aliphatic heterocycles. The van der Waals surface area contributed by atoms with Crippen LogP contribution in [0.15, 0.2) is 53.4 Å². The van der Waals surface area contributed by atoms with Gasteiger partial charge in [-0.15, -0.1) is 5.10 Å². The third-order valence-corrected chi connectivity index (χ3v) is 7.17. The molecular formula is C23H27N5O5S. The van der Waals surface area contributed by atoms with Crippen LogP contribution < -0.4 is 5.32 Å². The average Bonchev–Trinajstić information content (AvgIpc) is 3.21. The third-order valence-electron chi connectivity index (χ3n) is 5.12. The van der Waals surface area contributed by atoms with Gasteiger partial charge in [0.15, 0.2) is 12.3 Å². The summed E-state index contributed by atoms with van der Waals surface area (Å²) >= 11 is 0. The van der Waals surface area contributed by atoms with Crippen molar-refractivity contribution in [1.82, 2.24) is 19.3 Å². The Hall–Kier alpha value is -3.57. The monoisotopic (exact) mass is 485 g/mol. The number of carbonyl (C=O) groups excluding carboxylic acids is 2. The largest absolute Gasteiger partial charge is 0.451 e. The Balaban J connectivity index is 1.68. The second kappa shape index (κ2) is 10.6. The molecule has 1 amide bonds. The molecule has 0 aliphatic rings. The van der Waals surface area contributed by atoms with E-state index in [0.29, 0.717) is 35.7 Å². The van der Waals surface area contributed by atoms with E-state index in [0.717, 1.165) is 0 Å². The van der Waals surface area contributed by atoms with Gasteiger partial charge in [-0.2, -0.15) is 14.2 Å². The highest BCUT2D eigenvalue weighted by Crippen LogP contribution is 2.23. The van der Waals surface area contributed by atoms with Crippen LogP contribution in [0, 0.1) is 13.8 Å². The second-order valence-corrected chi connectivity index (χ2v) is 9.39. The topological polar surface area (TPSA) is 123 Å². The third kappa shape index (κ3) is 5.49. The van der Waals surface area contributed by atoms with Gasteiger partial charge < -0.3 is 10.1 Å². The zero-order valence-corrected chi connectivity index (χ0v) is 20.3. The van der Waals surface area contributed by atoms with E-state index in [1.807, 2.05) is 18.2 Å². The smallest absolute Gasteiger partial charge is 0.361 e. The minimum absolute atomic E-state index is 0.000136. The van der Waals surface area contributed by atoms with Crippen LogP contribution in [0.5, 0.6) is 0 Å². The Labute approximate surface area is 198 Å². The van der Waals surface area contributed by atoms with Gasteiger partial charge in [-0.25, -0.2) is 13.2 Å². The molecule has 10 nitrogen and oxygen atoms in total.